The Kier molecular flexibility index (Phi) is 5.44. The number of aliphatic imine (C=N–C) groups is 1. The van der Waals surface area contributed by atoms with Crippen molar-refractivity contribution in [1.29, 1.82) is 0 Å². The molecular formula is C27H31N5OS. The van der Waals surface area contributed by atoms with Crippen LogP contribution in [0.25, 0.3) is 0 Å². The van der Waals surface area contributed by atoms with Gasteiger partial charge in [0.05, 0.1) is 5.69 Å². The summed E-state index contributed by atoms with van der Waals surface area (Å²) in [5.41, 5.74) is 10.1. The molecule has 6 nitrogen and oxygen atoms in total. The molecule has 7 rings (SSSR count). The van der Waals surface area contributed by atoms with Crippen molar-refractivity contribution in [2.45, 2.75) is 44.2 Å². The number of thiocarbonyl (C=S) groups is 1. The van der Waals surface area contributed by atoms with Crippen molar-refractivity contribution in [3.63, 3.8) is 0 Å². The molecule has 5 aliphatic rings. The minimum atomic E-state index is 0.166. The number of nitrogens with one attached hydrogen (secondary N) is 2. The Labute approximate surface area is 206 Å². The van der Waals surface area contributed by atoms with E-state index in [1.54, 1.807) is 5.57 Å². The van der Waals surface area contributed by atoms with Crippen LogP contribution >= 0.6 is 12.2 Å². The van der Waals surface area contributed by atoms with Gasteiger partial charge in [-0.25, -0.2) is 4.99 Å². The Morgan fingerprint density at radius 2 is 2.06 bits per heavy atom. The predicted molar refractivity (Wildman–Crippen MR) is 139 cm³/mol. The predicted octanol–water partition coefficient (Wildman–Crippen LogP) is 4.59. The molecule has 3 unspecified atom stereocenters. The molecule has 2 aromatic carbocycles. The first-order chi connectivity index (χ1) is 16.5. The van der Waals surface area contributed by atoms with Crippen LogP contribution in [0.3, 0.4) is 0 Å². The molecular weight excluding hydrogens is 442 g/mol. The van der Waals surface area contributed by atoms with E-state index in [2.05, 4.69) is 26.6 Å². The lowest BCUT2D eigenvalue weighted by atomic mass is 9.57. The van der Waals surface area contributed by atoms with Crippen LogP contribution in [0.2, 0.25) is 0 Å². The molecule has 2 aromatic rings. The normalized spacial score (nSPS) is 26.4. The number of nitrogens with zero attached hydrogens (tertiary/aromatic N) is 2. The molecule has 0 radical (unpaired) electrons. The first-order valence-corrected chi connectivity index (χ1v) is 12.6. The number of fused-ring (bicyclic) bond motifs is 1. The summed E-state index contributed by atoms with van der Waals surface area (Å²) < 4.78 is 5.99. The number of nitrogens with two attached hydrogens (primary N) is 1. The lowest BCUT2D eigenvalue weighted by Crippen LogP contribution is -2.59. The number of benzene rings is 2. The van der Waals surface area contributed by atoms with Gasteiger partial charge in [-0.05, 0) is 86.5 Å². The summed E-state index contributed by atoms with van der Waals surface area (Å²) in [7, 11) is 0. The van der Waals surface area contributed by atoms with E-state index in [0.29, 0.717) is 19.0 Å². The zero-order valence-electron chi connectivity index (χ0n) is 19.3. The van der Waals surface area contributed by atoms with E-state index in [1.165, 1.54) is 25.7 Å². The molecule has 34 heavy (non-hydrogen) atoms. The molecule has 3 atom stereocenters. The van der Waals surface area contributed by atoms with Crippen LogP contribution in [-0.4, -0.2) is 34.6 Å². The first kappa shape index (κ1) is 21.5. The van der Waals surface area contributed by atoms with Crippen molar-refractivity contribution >= 4 is 29.0 Å². The van der Waals surface area contributed by atoms with Gasteiger partial charge in [-0.15, -0.1) is 0 Å². The molecule has 176 valence electrons. The maximum Gasteiger partial charge on any atom is 0.196 e. The van der Waals surface area contributed by atoms with Crippen molar-refractivity contribution in [2.24, 2.45) is 22.6 Å². The molecule has 1 aliphatic heterocycles. The number of para-hydroxylation sites is 1. The van der Waals surface area contributed by atoms with Crippen LogP contribution in [-0.2, 0) is 6.54 Å². The average Bonchev–Trinajstić information content (AvgIpc) is 2.79. The summed E-state index contributed by atoms with van der Waals surface area (Å²) in [4.78, 5) is 6.69. The van der Waals surface area contributed by atoms with Gasteiger partial charge in [0.25, 0.3) is 0 Å². The number of guanidine groups is 1. The second-order valence-electron chi connectivity index (χ2n) is 10.2. The Bertz CT molecular complexity index is 1160. The zero-order chi connectivity index (χ0) is 23.1. The Morgan fingerprint density at radius 3 is 2.88 bits per heavy atom. The van der Waals surface area contributed by atoms with E-state index in [9.17, 15) is 0 Å². The standard InChI is InChI=1S/C27H31N5OS/c28-25-30-24-7-6-23(33-22-4-2-1-3-5-22)13-21(24)17-32(25)9-8-29-26(34)31-27-14-18-10-19(15-27)12-20(11-18)16-27/h1-7,10,13,18,20H,8-9,11-12,14-17H2,(H2,28,30)(H2,29,31,34). The number of rotatable bonds is 6. The molecule has 7 heteroatoms. The van der Waals surface area contributed by atoms with Gasteiger partial charge in [0, 0.05) is 30.7 Å². The second kappa shape index (κ2) is 8.62. The van der Waals surface area contributed by atoms with Crippen LogP contribution in [0.15, 0.2) is 65.2 Å². The third kappa shape index (κ3) is 4.37. The quantitative estimate of drug-likeness (QED) is 0.421. The third-order valence-electron chi connectivity index (χ3n) is 7.55. The van der Waals surface area contributed by atoms with Crippen molar-refractivity contribution < 1.29 is 4.74 Å². The molecule has 4 aliphatic carbocycles. The smallest absolute Gasteiger partial charge is 0.196 e. The molecule has 0 saturated heterocycles. The lowest BCUT2D eigenvalue weighted by molar-refractivity contribution is 0.119. The molecule has 1 heterocycles. The van der Waals surface area contributed by atoms with E-state index < -0.39 is 0 Å². The Balaban J connectivity index is 1.04. The highest BCUT2D eigenvalue weighted by Gasteiger charge is 2.47. The minimum Gasteiger partial charge on any atom is -0.457 e. The molecule has 0 spiro atoms. The first-order valence-electron chi connectivity index (χ1n) is 12.2. The molecule has 2 saturated carbocycles. The third-order valence-corrected chi connectivity index (χ3v) is 7.80. The van der Waals surface area contributed by atoms with Crippen molar-refractivity contribution in [2.75, 3.05) is 13.1 Å². The van der Waals surface area contributed by atoms with Crippen molar-refractivity contribution in [1.82, 2.24) is 15.5 Å². The topological polar surface area (TPSA) is 74.9 Å². The second-order valence-corrected chi connectivity index (χ2v) is 10.6. The zero-order valence-corrected chi connectivity index (χ0v) is 20.1. The van der Waals surface area contributed by atoms with Crippen LogP contribution in [0, 0.1) is 11.8 Å². The van der Waals surface area contributed by atoms with Gasteiger partial charge in [0.1, 0.15) is 11.5 Å². The van der Waals surface area contributed by atoms with Gasteiger partial charge in [-0.3, -0.25) is 0 Å². The number of ether oxygens (including phenoxy) is 1. The van der Waals surface area contributed by atoms with Gasteiger partial charge in [0.2, 0.25) is 0 Å². The van der Waals surface area contributed by atoms with Crippen molar-refractivity contribution in [3.05, 3.63) is 65.7 Å². The fourth-order valence-electron chi connectivity index (χ4n) is 6.39. The highest BCUT2D eigenvalue weighted by atomic mass is 32.1. The SMILES string of the molecule is NC1=Nc2ccc(Oc3ccccc3)cc2CN1CCNC(=S)NC12CC3=CC(CC(C3)C1)C2. The highest BCUT2D eigenvalue weighted by molar-refractivity contribution is 7.80. The molecule has 0 aromatic heterocycles. The fraction of sp³-hybridized carbons (Fsp3) is 0.407. The van der Waals surface area contributed by atoms with E-state index in [4.69, 9.17) is 22.7 Å². The largest absolute Gasteiger partial charge is 0.457 e. The maximum absolute atomic E-state index is 6.27. The van der Waals surface area contributed by atoms with Gasteiger partial charge >= 0.3 is 0 Å². The fourth-order valence-corrected chi connectivity index (χ4v) is 6.71. The Hall–Kier alpha value is -3.06. The van der Waals surface area contributed by atoms with Gasteiger partial charge in [-0.2, -0.15) is 0 Å². The lowest BCUT2D eigenvalue weighted by Gasteiger charge is -2.53. The summed E-state index contributed by atoms with van der Waals surface area (Å²) in [6, 6.07) is 15.8. The van der Waals surface area contributed by atoms with E-state index in [1.807, 2.05) is 48.5 Å². The summed E-state index contributed by atoms with van der Waals surface area (Å²) in [6.07, 6.45) is 8.80. The molecule has 0 amide bonds. The van der Waals surface area contributed by atoms with E-state index >= 15 is 0 Å². The van der Waals surface area contributed by atoms with E-state index in [-0.39, 0.29) is 5.54 Å². The highest BCUT2D eigenvalue weighted by Crippen LogP contribution is 2.52. The van der Waals surface area contributed by atoms with Crippen LogP contribution in [0.4, 0.5) is 5.69 Å². The number of hydrogen-bond donors (Lipinski definition) is 3. The summed E-state index contributed by atoms with van der Waals surface area (Å²) in [5, 5.41) is 7.88. The Morgan fingerprint density at radius 1 is 1.18 bits per heavy atom. The van der Waals surface area contributed by atoms with Gasteiger partial charge < -0.3 is 26.0 Å². The molecule has 2 fully saturated rings. The van der Waals surface area contributed by atoms with Crippen LogP contribution in [0.5, 0.6) is 11.5 Å². The van der Waals surface area contributed by atoms with Crippen molar-refractivity contribution in [3.8, 4) is 11.5 Å². The molecule has 4 N–H and O–H groups in total. The number of hydrogen-bond acceptors (Lipinski definition) is 5. The summed E-state index contributed by atoms with van der Waals surface area (Å²) in [6.45, 7) is 2.13. The molecule has 4 bridgehead atoms. The summed E-state index contributed by atoms with van der Waals surface area (Å²) in [5.74, 6) is 3.74. The van der Waals surface area contributed by atoms with E-state index in [0.717, 1.165) is 52.7 Å². The summed E-state index contributed by atoms with van der Waals surface area (Å²) >= 11 is 5.69. The minimum absolute atomic E-state index is 0.166. The average molecular weight is 474 g/mol. The van der Waals surface area contributed by atoms with Crippen LogP contribution in [0.1, 0.15) is 37.7 Å². The van der Waals surface area contributed by atoms with Gasteiger partial charge in [-0.1, -0.05) is 29.8 Å². The van der Waals surface area contributed by atoms with Gasteiger partial charge in [0.15, 0.2) is 11.1 Å². The van der Waals surface area contributed by atoms with Crippen LogP contribution < -0.4 is 21.1 Å². The maximum atomic E-state index is 6.27. The number of allylic oxidation sites excluding steroid dienone is 1. The monoisotopic (exact) mass is 473 g/mol.